The van der Waals surface area contributed by atoms with Crippen LogP contribution in [0.1, 0.15) is 80.5 Å². The van der Waals surface area contributed by atoms with Crippen LogP contribution < -0.4 is 24.8 Å². The van der Waals surface area contributed by atoms with E-state index in [1.807, 2.05) is 30.3 Å². The fourth-order valence-corrected chi connectivity index (χ4v) is 5.62. The molecule has 0 nitrogen and oxygen atoms in total. The Hall–Kier alpha value is -2.44. The van der Waals surface area contributed by atoms with Crippen LogP contribution in [-0.4, -0.2) is 3.21 Å². The summed E-state index contributed by atoms with van der Waals surface area (Å²) >= 11 is 1.46. The molecule has 0 bridgehead atoms. The Morgan fingerprint density at radius 2 is 1.23 bits per heavy atom. The molecule has 0 spiro atoms. The molecule has 0 N–H and O–H groups in total. The number of halogens is 2. The number of hydrogen-bond donors (Lipinski definition) is 0. The van der Waals surface area contributed by atoms with Crippen molar-refractivity contribution in [2.45, 2.75) is 65.7 Å². The van der Waals surface area contributed by atoms with Crippen LogP contribution in [0.5, 0.6) is 0 Å². The van der Waals surface area contributed by atoms with Crippen LogP contribution in [0.2, 0.25) is 0 Å². The average Bonchev–Trinajstić information content (AvgIpc) is 3.64. The van der Waals surface area contributed by atoms with E-state index in [0.717, 1.165) is 6.42 Å². The average molecular weight is 685 g/mol. The van der Waals surface area contributed by atoms with Crippen molar-refractivity contribution in [1.82, 2.24) is 0 Å². The summed E-state index contributed by atoms with van der Waals surface area (Å²) in [5, 5.41) is 0. The van der Waals surface area contributed by atoms with Crippen LogP contribution in [0.3, 0.4) is 0 Å². The normalized spacial score (nSPS) is 11.3. The van der Waals surface area contributed by atoms with Gasteiger partial charge in [-0.25, -0.2) is 12.1 Å². The van der Waals surface area contributed by atoms with Crippen LogP contribution >= 0.6 is 0 Å². The number of aryl methyl sites for hydroxylation is 1. The molecule has 6 rings (SSSR count). The van der Waals surface area contributed by atoms with Crippen LogP contribution in [0.4, 0.5) is 0 Å². The first-order chi connectivity index (χ1) is 19.4. The maximum Gasteiger partial charge on any atom is -0.172 e. The zero-order chi connectivity index (χ0) is 29.6. The Morgan fingerprint density at radius 3 is 1.77 bits per heavy atom. The minimum atomic E-state index is 0. The Morgan fingerprint density at radius 1 is 0.674 bits per heavy atom. The first-order valence-electron chi connectivity index (χ1n) is 14.5. The van der Waals surface area contributed by atoms with Gasteiger partial charge in [0.1, 0.15) is 0 Å². The second kappa shape index (κ2) is 16.0. The van der Waals surface area contributed by atoms with Gasteiger partial charge in [0.25, 0.3) is 0 Å². The quantitative estimate of drug-likeness (QED) is 0.241. The molecule has 0 saturated carbocycles. The summed E-state index contributed by atoms with van der Waals surface area (Å²) in [6, 6.07) is 44.4. The van der Waals surface area contributed by atoms with Gasteiger partial charge in [0.2, 0.25) is 0 Å². The second-order valence-corrected chi connectivity index (χ2v) is 14.1. The van der Waals surface area contributed by atoms with Gasteiger partial charge >= 0.3 is 106 Å². The van der Waals surface area contributed by atoms with Crippen molar-refractivity contribution in [2.75, 3.05) is 0 Å². The molecule has 0 heterocycles. The molecule has 0 radical (unpaired) electrons. The van der Waals surface area contributed by atoms with E-state index in [1.54, 1.807) is 0 Å². The molecular weight excluding hydrogens is 643 g/mol. The molecule has 0 saturated heterocycles. The van der Waals surface area contributed by atoms with Gasteiger partial charge in [0.05, 0.1) is 0 Å². The van der Waals surface area contributed by atoms with Crippen molar-refractivity contribution in [2.24, 2.45) is 0 Å². The summed E-state index contributed by atoms with van der Waals surface area (Å²) in [5.41, 5.74) is 12.7. The third-order valence-corrected chi connectivity index (χ3v) is 8.90. The molecule has 5 aromatic rings. The van der Waals surface area contributed by atoms with Crippen molar-refractivity contribution in [3.05, 3.63) is 160 Å². The molecule has 0 aromatic heterocycles. The molecule has 0 amide bonds. The predicted octanol–water partition coefficient (Wildman–Crippen LogP) is 4.18. The molecule has 0 aliphatic heterocycles. The minimum absolute atomic E-state index is 0. The Balaban J connectivity index is 0.000000256. The van der Waals surface area contributed by atoms with Gasteiger partial charge in [-0.15, -0.1) is 5.56 Å². The summed E-state index contributed by atoms with van der Waals surface area (Å²) in [7, 11) is 0. The predicted molar refractivity (Wildman–Crippen MR) is 174 cm³/mol. The maximum atomic E-state index is 3.53. The maximum absolute atomic E-state index is 3.53. The van der Waals surface area contributed by atoms with E-state index >= 15 is 0 Å². The van der Waals surface area contributed by atoms with Crippen LogP contribution in [0, 0.1) is 13.0 Å². The van der Waals surface area contributed by atoms with Crippen molar-refractivity contribution < 1.29 is 49.0 Å². The SMILES string of the molecule is CC(C)(C)c1c[c-]c2c(c1)-c1cc(C(C)(C)C)ccc1C2.Cc1ccc([C](=[Zr+2])c2ccccc2)cc1.[Cl-].[Cl-].c1cc[cH-]c1. The summed E-state index contributed by atoms with van der Waals surface area (Å²) in [6.07, 6.45) is 1.03. The third kappa shape index (κ3) is 10.0. The third-order valence-electron chi connectivity index (χ3n) is 7.48. The minimum Gasteiger partial charge on any atom is -1.00 e. The van der Waals surface area contributed by atoms with E-state index in [4.69, 9.17) is 0 Å². The van der Waals surface area contributed by atoms with Crippen molar-refractivity contribution in [3.63, 3.8) is 0 Å². The first kappa shape index (κ1) is 36.8. The molecule has 3 heteroatoms. The zero-order valence-corrected chi connectivity index (χ0v) is 30.4. The fraction of sp³-hybridized carbons (Fsp3) is 0.250. The summed E-state index contributed by atoms with van der Waals surface area (Å²) < 4.78 is 1.42. The number of benzene rings is 4. The van der Waals surface area contributed by atoms with Gasteiger partial charge in [-0.3, -0.25) is 0 Å². The van der Waals surface area contributed by atoms with E-state index in [-0.39, 0.29) is 35.6 Å². The van der Waals surface area contributed by atoms with Crippen molar-refractivity contribution in [3.8, 4) is 11.1 Å². The van der Waals surface area contributed by atoms with Crippen molar-refractivity contribution >= 4 is 3.21 Å². The molecule has 0 unspecified atom stereocenters. The number of fused-ring (bicyclic) bond motifs is 3. The van der Waals surface area contributed by atoms with Gasteiger partial charge in [0, 0.05) is 0 Å². The van der Waals surface area contributed by atoms with E-state index in [2.05, 4.69) is 139 Å². The Labute approximate surface area is 287 Å². The fourth-order valence-electron chi connectivity index (χ4n) is 4.80. The molecular formula is C40H42Cl2Zr-2. The topological polar surface area (TPSA) is 0 Å². The molecule has 1 aliphatic carbocycles. The van der Waals surface area contributed by atoms with E-state index in [1.165, 1.54) is 77.5 Å². The zero-order valence-electron chi connectivity index (χ0n) is 26.4. The number of rotatable bonds is 2. The summed E-state index contributed by atoms with van der Waals surface area (Å²) in [5.74, 6) is 0. The van der Waals surface area contributed by atoms with E-state index < -0.39 is 0 Å². The molecule has 1 aliphatic rings. The van der Waals surface area contributed by atoms with Crippen LogP contribution in [0.25, 0.3) is 11.1 Å². The smallest absolute Gasteiger partial charge is 0.172 e. The first-order valence-corrected chi connectivity index (χ1v) is 15.7. The largest absolute Gasteiger partial charge is 1.00 e. The summed E-state index contributed by atoms with van der Waals surface area (Å²) in [6.45, 7) is 15.8. The standard InChI is InChI=1S/C21H25.C14H12.C5H5.2ClH.Zr/c1-20(2,3)16-9-7-14-11-15-8-10-17(21(4,5)6)13-19(15)18(14)12-16;1-12-7-9-14(10-8-12)11-13-5-3-2-4-6-13;1-2-4-5-3-1;;;/h7,9-10,12-13H,11H2,1-6H3;2-10H,1H3;1-5H;2*1H;/q-1;;-1;;;+2/p-2. The second-order valence-electron chi connectivity index (χ2n) is 12.9. The van der Waals surface area contributed by atoms with Gasteiger partial charge < -0.3 is 24.8 Å². The van der Waals surface area contributed by atoms with Gasteiger partial charge in [-0.2, -0.15) is 47.5 Å². The summed E-state index contributed by atoms with van der Waals surface area (Å²) in [4.78, 5) is 0. The number of hydrogen-bond acceptors (Lipinski definition) is 0. The Kier molecular flexibility index (Phi) is 13.7. The van der Waals surface area contributed by atoms with Crippen LogP contribution in [0.15, 0.2) is 115 Å². The Bertz CT molecular complexity index is 1490. The van der Waals surface area contributed by atoms with E-state index in [0.29, 0.717) is 0 Å². The van der Waals surface area contributed by atoms with Crippen molar-refractivity contribution in [1.29, 1.82) is 0 Å². The molecule has 222 valence electrons. The molecule has 5 aromatic carbocycles. The molecule has 0 atom stereocenters. The van der Waals surface area contributed by atoms with Crippen LogP contribution in [-0.2, 0) is 41.5 Å². The monoisotopic (exact) mass is 682 g/mol. The van der Waals surface area contributed by atoms with Gasteiger partial charge in [0.15, 0.2) is 0 Å². The molecule has 43 heavy (non-hydrogen) atoms. The van der Waals surface area contributed by atoms with Gasteiger partial charge in [-0.1, -0.05) is 76.3 Å². The van der Waals surface area contributed by atoms with E-state index in [9.17, 15) is 0 Å². The van der Waals surface area contributed by atoms with Gasteiger partial charge in [-0.05, 0) is 17.4 Å². The molecule has 0 fully saturated rings.